The molecule has 206 valence electrons. The van der Waals surface area contributed by atoms with E-state index in [1.54, 1.807) is 13.1 Å². The first kappa shape index (κ1) is 30.3. The van der Waals surface area contributed by atoms with Gasteiger partial charge in [0, 0.05) is 13.6 Å². The molecule has 8 nitrogen and oxygen atoms in total. The summed E-state index contributed by atoms with van der Waals surface area (Å²) >= 11 is 0. The minimum Gasteiger partial charge on any atom is -0.386 e. The minimum atomic E-state index is -0.614. The highest BCUT2D eigenvalue weighted by Crippen LogP contribution is 2.32. The van der Waals surface area contributed by atoms with Crippen LogP contribution >= 0.6 is 0 Å². The topological polar surface area (TPSA) is 109 Å². The molecule has 37 heavy (non-hydrogen) atoms. The molecular formula is C29H45N3O5. The van der Waals surface area contributed by atoms with Crippen LogP contribution in [0, 0.1) is 10.1 Å². The van der Waals surface area contributed by atoms with Gasteiger partial charge >= 0.3 is 0 Å². The monoisotopic (exact) mass is 515 g/mol. The summed E-state index contributed by atoms with van der Waals surface area (Å²) in [4.78, 5) is 37.6. The molecule has 8 heteroatoms. The Labute approximate surface area is 220 Å². The van der Waals surface area contributed by atoms with Crippen molar-refractivity contribution >= 4 is 11.6 Å². The van der Waals surface area contributed by atoms with Gasteiger partial charge in [-0.2, -0.15) is 5.16 Å². The van der Waals surface area contributed by atoms with E-state index >= 15 is 0 Å². The lowest BCUT2D eigenvalue weighted by Gasteiger charge is -2.17. The molecule has 0 bridgehead atoms. The molecule has 0 saturated heterocycles. The summed E-state index contributed by atoms with van der Waals surface area (Å²) in [6.07, 6.45) is 21.6. The summed E-state index contributed by atoms with van der Waals surface area (Å²) < 4.78 is 4.77. The zero-order valence-corrected chi connectivity index (χ0v) is 22.8. The Hall–Kier alpha value is -2.90. The third-order valence-corrected chi connectivity index (χ3v) is 7.01. The van der Waals surface area contributed by atoms with E-state index < -0.39 is 16.4 Å². The van der Waals surface area contributed by atoms with Gasteiger partial charge in [0.25, 0.3) is 17.2 Å². The summed E-state index contributed by atoms with van der Waals surface area (Å²) in [6, 6.07) is 4.43. The molecular weight excluding hydrogens is 470 g/mol. The van der Waals surface area contributed by atoms with E-state index in [9.17, 15) is 19.7 Å². The first-order valence-corrected chi connectivity index (χ1v) is 14.2. The zero-order chi connectivity index (χ0) is 26.9. The van der Waals surface area contributed by atoms with Crippen LogP contribution in [0.1, 0.15) is 120 Å². The molecule has 1 heterocycles. The van der Waals surface area contributed by atoms with Gasteiger partial charge in [-0.3, -0.25) is 19.7 Å². The van der Waals surface area contributed by atoms with Crippen molar-refractivity contribution in [2.24, 2.45) is 0 Å². The van der Waals surface area contributed by atoms with Gasteiger partial charge in [-0.15, -0.1) is 0 Å². The molecule has 0 saturated carbocycles. The van der Waals surface area contributed by atoms with Crippen molar-refractivity contribution in [2.75, 3.05) is 13.6 Å². The second-order valence-corrected chi connectivity index (χ2v) is 10.1. The lowest BCUT2D eigenvalue weighted by Crippen LogP contribution is -2.28. The quantitative estimate of drug-likeness (QED) is 0.110. The van der Waals surface area contributed by atoms with Crippen LogP contribution in [0.3, 0.4) is 0 Å². The maximum atomic E-state index is 13.0. The third-order valence-electron chi connectivity index (χ3n) is 7.01. The summed E-state index contributed by atoms with van der Waals surface area (Å²) in [5.41, 5.74) is -0.877. The predicted octanol–water partition coefficient (Wildman–Crippen LogP) is 7.88. The number of aromatic nitrogens is 1. The highest BCUT2D eigenvalue weighted by Gasteiger charge is 2.28. The van der Waals surface area contributed by atoms with Crippen molar-refractivity contribution < 1.29 is 14.2 Å². The fourth-order valence-electron chi connectivity index (χ4n) is 4.77. The average Bonchev–Trinajstić information content (AvgIpc) is 3.32. The number of carbonyl (C=O) groups is 1. The number of benzene rings is 1. The molecule has 1 aromatic heterocycles. The highest BCUT2D eigenvalue weighted by molar-refractivity contribution is 6.01. The van der Waals surface area contributed by atoms with Crippen LogP contribution in [0.15, 0.2) is 33.8 Å². The van der Waals surface area contributed by atoms with E-state index in [1.807, 2.05) is 0 Å². The summed E-state index contributed by atoms with van der Waals surface area (Å²) in [5, 5.41) is 13.9. The van der Waals surface area contributed by atoms with E-state index in [-0.39, 0.29) is 22.4 Å². The van der Waals surface area contributed by atoms with Crippen LogP contribution in [-0.2, 0) is 0 Å². The molecule has 0 spiro atoms. The Morgan fingerprint density at radius 3 is 1.84 bits per heavy atom. The Kier molecular flexibility index (Phi) is 14.4. The molecule has 2 aromatic rings. The molecule has 0 unspecified atom stereocenters. The van der Waals surface area contributed by atoms with Crippen molar-refractivity contribution in [3.05, 3.63) is 50.5 Å². The summed E-state index contributed by atoms with van der Waals surface area (Å²) in [6.45, 7) is 2.79. The number of aromatic amines is 1. The summed E-state index contributed by atoms with van der Waals surface area (Å²) in [5.74, 6) is -0.422. The van der Waals surface area contributed by atoms with Crippen LogP contribution in [0.25, 0.3) is 11.1 Å². The molecule has 1 N–H and O–H groups in total. The van der Waals surface area contributed by atoms with Crippen LogP contribution in [0.2, 0.25) is 0 Å². The fraction of sp³-hybridized carbons (Fsp3) is 0.655. The molecule has 1 aromatic carbocycles. The predicted molar refractivity (Wildman–Crippen MR) is 148 cm³/mol. The minimum absolute atomic E-state index is 0.0258. The number of para-hydroxylation sites is 1. The van der Waals surface area contributed by atoms with E-state index in [2.05, 4.69) is 12.1 Å². The van der Waals surface area contributed by atoms with Crippen molar-refractivity contribution in [1.29, 1.82) is 0 Å². The maximum Gasteiger partial charge on any atom is 0.290 e. The van der Waals surface area contributed by atoms with Gasteiger partial charge in [0.05, 0.1) is 16.1 Å². The number of rotatable bonds is 20. The van der Waals surface area contributed by atoms with Crippen LogP contribution < -0.4 is 5.56 Å². The van der Waals surface area contributed by atoms with Crippen LogP contribution in [-0.4, -0.2) is 34.5 Å². The van der Waals surface area contributed by atoms with Gasteiger partial charge in [0.15, 0.2) is 0 Å². The van der Waals surface area contributed by atoms with Crippen molar-refractivity contribution in [3.8, 4) is 11.1 Å². The first-order chi connectivity index (χ1) is 18.0. The molecule has 1 amide bonds. The maximum absolute atomic E-state index is 13.0. The van der Waals surface area contributed by atoms with E-state index in [0.717, 1.165) is 25.5 Å². The number of carbonyl (C=O) groups excluding carboxylic acids is 1. The second kappa shape index (κ2) is 17.5. The molecule has 0 fully saturated rings. The molecule has 0 atom stereocenters. The number of nitrogens with one attached hydrogen (secondary N) is 1. The number of nitro benzene ring substituents is 1. The lowest BCUT2D eigenvalue weighted by atomic mass is 10.0. The van der Waals surface area contributed by atoms with Gasteiger partial charge in [-0.25, -0.2) is 0 Å². The van der Waals surface area contributed by atoms with Crippen molar-refractivity contribution in [1.82, 2.24) is 10.1 Å². The lowest BCUT2D eigenvalue weighted by molar-refractivity contribution is -0.384. The normalized spacial score (nSPS) is 11.1. The number of unbranched alkanes of at least 4 members (excludes halogenated alkanes) is 15. The summed E-state index contributed by atoms with van der Waals surface area (Å²) in [7, 11) is 1.66. The van der Waals surface area contributed by atoms with Gasteiger partial charge in [0.1, 0.15) is 11.8 Å². The Morgan fingerprint density at radius 1 is 0.865 bits per heavy atom. The van der Waals surface area contributed by atoms with Gasteiger partial charge in [-0.05, 0) is 18.6 Å². The number of nitrogens with zero attached hydrogens (tertiary/aromatic N) is 2. The molecule has 0 radical (unpaired) electrons. The van der Waals surface area contributed by atoms with Gasteiger partial charge in [-0.1, -0.05) is 109 Å². The van der Waals surface area contributed by atoms with Crippen LogP contribution in [0.5, 0.6) is 0 Å². The second-order valence-electron chi connectivity index (χ2n) is 10.1. The first-order valence-electron chi connectivity index (χ1n) is 14.2. The number of hydrogen-bond acceptors (Lipinski definition) is 5. The molecule has 2 rings (SSSR count). The van der Waals surface area contributed by atoms with Crippen molar-refractivity contribution in [2.45, 2.75) is 110 Å². The van der Waals surface area contributed by atoms with Crippen molar-refractivity contribution in [3.63, 3.8) is 0 Å². The highest BCUT2D eigenvalue weighted by atomic mass is 16.6. The Balaban J connectivity index is 1.62. The largest absolute Gasteiger partial charge is 0.386 e. The van der Waals surface area contributed by atoms with Gasteiger partial charge < -0.3 is 9.42 Å². The Morgan fingerprint density at radius 2 is 1.38 bits per heavy atom. The SMILES string of the molecule is CCCCCCCCCCCCCCCCCCN(C)C(=O)c1cccc(-c2co[nH]c2=O)c1[N+](=O)[O-]. The third kappa shape index (κ3) is 10.5. The zero-order valence-electron chi connectivity index (χ0n) is 22.8. The molecule has 0 aliphatic heterocycles. The standard InChI is InChI=1S/C29H45N3O5/c1-3-4-5-6-7-8-9-10-11-12-13-14-15-16-17-18-22-31(2)29(34)25-21-19-20-24(27(25)32(35)36)26-23-37-30-28(26)33/h19-21,23H,3-18,22H2,1-2H3,(H,30,33). The van der Waals surface area contributed by atoms with E-state index in [4.69, 9.17) is 4.52 Å². The number of H-pyrrole nitrogens is 1. The number of nitro groups is 1. The Bertz CT molecular complexity index is 997. The number of amides is 1. The van der Waals surface area contributed by atoms with Gasteiger partial charge in [0.2, 0.25) is 0 Å². The van der Waals surface area contributed by atoms with Crippen LogP contribution in [0.4, 0.5) is 5.69 Å². The molecule has 0 aliphatic rings. The average molecular weight is 516 g/mol. The smallest absolute Gasteiger partial charge is 0.290 e. The van der Waals surface area contributed by atoms with E-state index in [0.29, 0.717) is 6.54 Å². The molecule has 0 aliphatic carbocycles. The van der Waals surface area contributed by atoms with E-state index in [1.165, 1.54) is 101 Å². The number of hydrogen-bond donors (Lipinski definition) is 1. The fourth-order valence-corrected chi connectivity index (χ4v) is 4.77.